The summed E-state index contributed by atoms with van der Waals surface area (Å²) in [5, 5.41) is 12.0. The summed E-state index contributed by atoms with van der Waals surface area (Å²) in [6, 6.07) is 0. The van der Waals surface area contributed by atoms with Gasteiger partial charge in [0.15, 0.2) is 0 Å². The van der Waals surface area contributed by atoms with Gasteiger partial charge in [0.1, 0.15) is 0 Å². The van der Waals surface area contributed by atoms with Crippen LogP contribution < -0.4 is 5.32 Å². The minimum absolute atomic E-state index is 0.0772. The zero-order valence-electron chi connectivity index (χ0n) is 11.3. The van der Waals surface area contributed by atoms with Crippen LogP contribution in [0.5, 0.6) is 0 Å². The highest BCUT2D eigenvalue weighted by Gasteiger charge is 2.20. The first-order valence-corrected chi connectivity index (χ1v) is 6.71. The summed E-state index contributed by atoms with van der Waals surface area (Å²) in [5.74, 6) is 0.210. The predicted molar refractivity (Wildman–Crippen MR) is 68.9 cm³/mol. The van der Waals surface area contributed by atoms with Crippen molar-refractivity contribution in [3.8, 4) is 0 Å². The normalized spacial score (nSPS) is 19.5. The Morgan fingerprint density at radius 1 is 1.44 bits per heavy atom. The Kier molecular flexibility index (Phi) is 6.12. The number of aliphatic hydroxyl groups excluding tert-OH is 1. The maximum absolute atomic E-state index is 11.7. The molecule has 0 aromatic heterocycles. The minimum atomic E-state index is -0.347. The van der Waals surface area contributed by atoms with Crippen molar-refractivity contribution in [1.82, 2.24) is 10.2 Å². The topological polar surface area (TPSA) is 69.6 Å². The molecule has 1 aliphatic heterocycles. The number of hydrogen-bond donors (Lipinski definition) is 2. The second-order valence-corrected chi connectivity index (χ2v) is 5.27. The van der Waals surface area contributed by atoms with Crippen LogP contribution in [0.1, 0.15) is 39.5 Å². The number of rotatable bonds is 6. The van der Waals surface area contributed by atoms with Gasteiger partial charge < -0.3 is 15.3 Å². The molecule has 1 heterocycles. The molecule has 104 valence electrons. The first kappa shape index (κ1) is 15.0. The van der Waals surface area contributed by atoms with Crippen LogP contribution in [0.15, 0.2) is 0 Å². The molecule has 0 aromatic carbocycles. The molecule has 0 aliphatic carbocycles. The van der Waals surface area contributed by atoms with E-state index in [1.54, 1.807) is 11.8 Å². The van der Waals surface area contributed by atoms with Crippen LogP contribution in [0.4, 0.5) is 0 Å². The van der Waals surface area contributed by atoms with E-state index in [9.17, 15) is 14.7 Å². The van der Waals surface area contributed by atoms with Crippen LogP contribution in [0.25, 0.3) is 0 Å². The SMILES string of the molecule is CC(O)CC(C)CNC(=O)CN1CCCCC1=O. The van der Waals surface area contributed by atoms with Gasteiger partial charge in [-0.25, -0.2) is 0 Å². The molecule has 2 amide bonds. The largest absolute Gasteiger partial charge is 0.393 e. The van der Waals surface area contributed by atoms with E-state index in [1.807, 2.05) is 6.92 Å². The van der Waals surface area contributed by atoms with Gasteiger partial charge in [0.25, 0.3) is 0 Å². The van der Waals surface area contributed by atoms with Gasteiger partial charge in [-0.3, -0.25) is 9.59 Å². The summed E-state index contributed by atoms with van der Waals surface area (Å²) >= 11 is 0. The molecule has 0 saturated carbocycles. The van der Waals surface area contributed by atoms with E-state index >= 15 is 0 Å². The molecule has 18 heavy (non-hydrogen) atoms. The highest BCUT2D eigenvalue weighted by molar-refractivity contribution is 5.85. The molecule has 1 rings (SSSR count). The predicted octanol–water partition coefficient (Wildman–Crippen LogP) is 0.522. The molecule has 0 aromatic rings. The number of piperidine rings is 1. The lowest BCUT2D eigenvalue weighted by atomic mass is 10.0. The fourth-order valence-electron chi connectivity index (χ4n) is 2.21. The maximum atomic E-state index is 11.7. The molecular weight excluding hydrogens is 232 g/mol. The van der Waals surface area contributed by atoms with E-state index in [2.05, 4.69) is 5.32 Å². The van der Waals surface area contributed by atoms with Gasteiger partial charge in [0.05, 0.1) is 12.6 Å². The van der Waals surface area contributed by atoms with Crippen molar-refractivity contribution in [2.75, 3.05) is 19.6 Å². The number of carbonyl (C=O) groups excluding carboxylic acids is 2. The molecule has 1 aliphatic rings. The second-order valence-electron chi connectivity index (χ2n) is 5.27. The van der Waals surface area contributed by atoms with Gasteiger partial charge in [0, 0.05) is 19.5 Å². The lowest BCUT2D eigenvalue weighted by Crippen LogP contribution is -2.43. The van der Waals surface area contributed by atoms with Gasteiger partial charge in [-0.15, -0.1) is 0 Å². The first-order chi connectivity index (χ1) is 8.49. The summed E-state index contributed by atoms with van der Waals surface area (Å²) in [6.07, 6.45) is 2.80. The first-order valence-electron chi connectivity index (χ1n) is 6.71. The van der Waals surface area contributed by atoms with E-state index in [1.165, 1.54) is 0 Å². The summed E-state index contributed by atoms with van der Waals surface area (Å²) in [6.45, 7) is 5.13. The zero-order chi connectivity index (χ0) is 13.5. The Balaban J connectivity index is 2.22. The number of nitrogens with zero attached hydrogens (tertiary/aromatic N) is 1. The van der Waals surface area contributed by atoms with Crippen LogP contribution in [0.3, 0.4) is 0 Å². The minimum Gasteiger partial charge on any atom is -0.393 e. The quantitative estimate of drug-likeness (QED) is 0.728. The molecule has 2 unspecified atom stereocenters. The van der Waals surface area contributed by atoms with E-state index in [-0.39, 0.29) is 30.4 Å². The van der Waals surface area contributed by atoms with Gasteiger partial charge in [-0.2, -0.15) is 0 Å². The van der Waals surface area contributed by atoms with Gasteiger partial charge in [0.2, 0.25) is 11.8 Å². The maximum Gasteiger partial charge on any atom is 0.239 e. The van der Waals surface area contributed by atoms with Crippen LogP contribution >= 0.6 is 0 Å². The van der Waals surface area contributed by atoms with Gasteiger partial charge >= 0.3 is 0 Å². The summed E-state index contributed by atoms with van der Waals surface area (Å²) in [4.78, 5) is 24.8. The smallest absolute Gasteiger partial charge is 0.239 e. The molecule has 2 N–H and O–H groups in total. The molecule has 5 heteroatoms. The molecule has 2 atom stereocenters. The molecular formula is C13H24N2O3. The fourth-order valence-corrected chi connectivity index (χ4v) is 2.21. The molecule has 0 radical (unpaired) electrons. The Labute approximate surface area is 109 Å². The lowest BCUT2D eigenvalue weighted by Gasteiger charge is -2.26. The second kappa shape index (κ2) is 7.36. The number of amides is 2. The Morgan fingerprint density at radius 3 is 2.78 bits per heavy atom. The number of likely N-dealkylation sites (tertiary alicyclic amines) is 1. The third-order valence-corrected chi connectivity index (χ3v) is 3.15. The Bertz CT molecular complexity index is 292. The van der Waals surface area contributed by atoms with E-state index in [4.69, 9.17) is 0 Å². The number of aliphatic hydroxyl groups is 1. The average Bonchev–Trinajstić information content (AvgIpc) is 2.29. The van der Waals surface area contributed by atoms with Gasteiger partial charge in [-0.1, -0.05) is 6.92 Å². The van der Waals surface area contributed by atoms with Crippen molar-refractivity contribution >= 4 is 11.8 Å². The van der Waals surface area contributed by atoms with E-state index < -0.39 is 0 Å². The summed E-state index contributed by atoms with van der Waals surface area (Å²) in [7, 11) is 0. The standard InChI is InChI=1S/C13H24N2O3/c1-10(7-11(2)16)8-14-12(17)9-15-6-4-3-5-13(15)18/h10-11,16H,3-9H2,1-2H3,(H,14,17). The molecule has 1 fully saturated rings. The van der Waals surface area contributed by atoms with Gasteiger partial charge in [-0.05, 0) is 32.1 Å². The van der Waals surface area contributed by atoms with Crippen molar-refractivity contribution in [2.24, 2.45) is 5.92 Å². The van der Waals surface area contributed by atoms with Crippen molar-refractivity contribution in [3.05, 3.63) is 0 Å². The van der Waals surface area contributed by atoms with Crippen molar-refractivity contribution in [3.63, 3.8) is 0 Å². The number of hydrogen-bond acceptors (Lipinski definition) is 3. The number of nitrogens with one attached hydrogen (secondary N) is 1. The summed E-state index contributed by atoms with van der Waals surface area (Å²) in [5.41, 5.74) is 0. The third-order valence-electron chi connectivity index (χ3n) is 3.15. The highest BCUT2D eigenvalue weighted by atomic mass is 16.3. The third kappa shape index (κ3) is 5.49. The van der Waals surface area contributed by atoms with Crippen molar-refractivity contribution < 1.29 is 14.7 Å². The average molecular weight is 256 g/mol. The molecule has 1 saturated heterocycles. The van der Waals surface area contributed by atoms with Crippen LogP contribution in [-0.4, -0.2) is 47.6 Å². The van der Waals surface area contributed by atoms with Crippen molar-refractivity contribution in [1.29, 1.82) is 0 Å². The van der Waals surface area contributed by atoms with E-state index in [0.29, 0.717) is 25.9 Å². The molecule has 5 nitrogen and oxygen atoms in total. The highest BCUT2D eigenvalue weighted by Crippen LogP contribution is 2.09. The fraction of sp³-hybridized carbons (Fsp3) is 0.846. The van der Waals surface area contributed by atoms with Crippen LogP contribution in [0.2, 0.25) is 0 Å². The van der Waals surface area contributed by atoms with Crippen LogP contribution in [0, 0.1) is 5.92 Å². The lowest BCUT2D eigenvalue weighted by molar-refractivity contribution is -0.137. The van der Waals surface area contributed by atoms with Crippen LogP contribution in [-0.2, 0) is 9.59 Å². The molecule has 0 spiro atoms. The Morgan fingerprint density at radius 2 is 2.17 bits per heavy atom. The van der Waals surface area contributed by atoms with Crippen molar-refractivity contribution in [2.45, 2.75) is 45.6 Å². The summed E-state index contributed by atoms with van der Waals surface area (Å²) < 4.78 is 0. The van der Waals surface area contributed by atoms with E-state index in [0.717, 1.165) is 12.8 Å². The Hall–Kier alpha value is -1.10. The zero-order valence-corrected chi connectivity index (χ0v) is 11.3. The number of carbonyl (C=O) groups is 2. The molecule has 0 bridgehead atoms. The monoisotopic (exact) mass is 256 g/mol.